The Hall–Kier alpha value is -2.85. The van der Waals surface area contributed by atoms with E-state index in [4.69, 9.17) is 21.1 Å². The standard InChI is InChI=1S/C24H23ClFN5O2S.ClH/c1-32-22-14-18(13-21(25)23(22)33-16-17-7-9-19(26)10-8-17)15-27-11-12-34-24-28-29-30-31(24)20-5-3-2-4-6-20;/h2-10,13-14,27H,11-12,15-16H2,1H3;1H. The molecule has 0 atom stereocenters. The number of hydrogen-bond donors (Lipinski definition) is 1. The van der Waals surface area contributed by atoms with Crippen molar-refractivity contribution in [1.82, 2.24) is 25.5 Å². The number of hydrogen-bond acceptors (Lipinski definition) is 7. The maximum absolute atomic E-state index is 13.1. The molecule has 0 aliphatic heterocycles. The van der Waals surface area contributed by atoms with Gasteiger partial charge in [0.1, 0.15) is 12.4 Å². The highest BCUT2D eigenvalue weighted by Gasteiger charge is 2.13. The molecule has 0 spiro atoms. The topological polar surface area (TPSA) is 74.1 Å². The number of ether oxygens (including phenoxy) is 2. The maximum Gasteiger partial charge on any atom is 0.214 e. The zero-order valence-corrected chi connectivity index (χ0v) is 21.2. The molecule has 0 fully saturated rings. The molecule has 7 nitrogen and oxygen atoms in total. The lowest BCUT2D eigenvalue weighted by Gasteiger charge is -2.15. The Morgan fingerprint density at radius 1 is 1.06 bits per heavy atom. The van der Waals surface area contributed by atoms with Gasteiger partial charge in [-0.25, -0.2) is 4.39 Å². The minimum atomic E-state index is -0.288. The molecule has 0 saturated carbocycles. The van der Waals surface area contributed by atoms with Gasteiger partial charge in [0.05, 0.1) is 17.8 Å². The third kappa shape index (κ3) is 7.32. The van der Waals surface area contributed by atoms with Crippen LogP contribution < -0.4 is 14.8 Å². The van der Waals surface area contributed by atoms with Crippen LogP contribution in [0.3, 0.4) is 0 Å². The number of nitrogens with zero attached hydrogens (tertiary/aromatic N) is 4. The predicted octanol–water partition coefficient (Wildman–Crippen LogP) is 5.35. The third-order valence-electron chi connectivity index (χ3n) is 4.87. The van der Waals surface area contributed by atoms with Crippen molar-refractivity contribution in [2.45, 2.75) is 18.3 Å². The van der Waals surface area contributed by atoms with Crippen LogP contribution in [0.4, 0.5) is 4.39 Å². The Kier molecular flexibility index (Phi) is 10.2. The van der Waals surface area contributed by atoms with Crippen molar-refractivity contribution in [2.24, 2.45) is 0 Å². The number of halogens is 3. The normalized spacial score (nSPS) is 10.6. The number of thioether (sulfide) groups is 1. The van der Waals surface area contributed by atoms with Gasteiger partial charge >= 0.3 is 0 Å². The van der Waals surface area contributed by atoms with Crippen LogP contribution in [-0.4, -0.2) is 39.6 Å². The number of aromatic nitrogens is 4. The summed E-state index contributed by atoms with van der Waals surface area (Å²) in [5, 5.41) is 16.5. The SMILES string of the molecule is COc1cc(CNCCSc2nnnn2-c2ccccc2)cc(Cl)c1OCc1ccc(F)cc1.Cl. The van der Waals surface area contributed by atoms with E-state index in [-0.39, 0.29) is 24.8 Å². The zero-order chi connectivity index (χ0) is 23.8. The predicted molar refractivity (Wildman–Crippen MR) is 138 cm³/mol. The van der Waals surface area contributed by atoms with Crippen LogP contribution in [0.2, 0.25) is 5.02 Å². The van der Waals surface area contributed by atoms with Crippen LogP contribution in [0.25, 0.3) is 5.69 Å². The molecule has 35 heavy (non-hydrogen) atoms. The molecule has 4 rings (SSSR count). The van der Waals surface area contributed by atoms with E-state index in [9.17, 15) is 4.39 Å². The van der Waals surface area contributed by atoms with Crippen molar-refractivity contribution in [2.75, 3.05) is 19.4 Å². The molecule has 0 aliphatic rings. The second-order valence-corrected chi connectivity index (χ2v) is 8.73. The number of tetrazole rings is 1. The van der Waals surface area contributed by atoms with Gasteiger partial charge < -0.3 is 14.8 Å². The first-order valence-electron chi connectivity index (χ1n) is 10.5. The molecule has 4 aromatic rings. The molecule has 3 aromatic carbocycles. The number of rotatable bonds is 11. The Morgan fingerprint density at radius 3 is 2.57 bits per heavy atom. The largest absolute Gasteiger partial charge is 0.493 e. The number of para-hydroxylation sites is 1. The fraction of sp³-hybridized carbons (Fsp3) is 0.208. The van der Waals surface area contributed by atoms with Gasteiger partial charge in [0, 0.05) is 18.8 Å². The molecule has 11 heteroatoms. The molecule has 0 amide bonds. The molecule has 0 unspecified atom stereocenters. The summed E-state index contributed by atoms with van der Waals surface area (Å²) >= 11 is 8.04. The van der Waals surface area contributed by atoms with E-state index < -0.39 is 0 Å². The average Bonchev–Trinajstić information content (AvgIpc) is 3.33. The Balaban J connectivity index is 0.00000342. The van der Waals surface area contributed by atoms with Crippen molar-refractivity contribution in [1.29, 1.82) is 0 Å². The van der Waals surface area contributed by atoms with Gasteiger partial charge in [-0.05, 0) is 58.0 Å². The molecular formula is C24H24Cl2FN5O2S. The molecule has 0 aliphatic carbocycles. The maximum atomic E-state index is 13.1. The lowest BCUT2D eigenvalue weighted by Crippen LogP contribution is -2.17. The van der Waals surface area contributed by atoms with Crippen LogP contribution in [0.5, 0.6) is 11.5 Å². The summed E-state index contributed by atoms with van der Waals surface area (Å²) < 4.78 is 26.1. The van der Waals surface area contributed by atoms with E-state index in [1.54, 1.807) is 35.7 Å². The van der Waals surface area contributed by atoms with E-state index in [1.807, 2.05) is 42.5 Å². The second kappa shape index (κ2) is 13.3. The minimum Gasteiger partial charge on any atom is -0.493 e. The smallest absolute Gasteiger partial charge is 0.214 e. The van der Waals surface area contributed by atoms with Crippen molar-refractivity contribution in [3.05, 3.63) is 88.7 Å². The van der Waals surface area contributed by atoms with Crippen molar-refractivity contribution < 1.29 is 13.9 Å². The highest BCUT2D eigenvalue weighted by atomic mass is 35.5. The fourth-order valence-corrected chi connectivity index (χ4v) is 4.27. The summed E-state index contributed by atoms with van der Waals surface area (Å²) in [7, 11) is 1.57. The number of benzene rings is 3. The second-order valence-electron chi connectivity index (χ2n) is 7.26. The van der Waals surface area contributed by atoms with Gasteiger partial charge in [-0.2, -0.15) is 4.68 Å². The number of nitrogens with one attached hydrogen (secondary N) is 1. The summed E-state index contributed by atoms with van der Waals surface area (Å²) in [4.78, 5) is 0. The molecule has 0 radical (unpaired) electrons. The van der Waals surface area contributed by atoms with Gasteiger partial charge in [-0.3, -0.25) is 0 Å². The van der Waals surface area contributed by atoms with Gasteiger partial charge in [-0.1, -0.05) is 53.7 Å². The van der Waals surface area contributed by atoms with Crippen molar-refractivity contribution in [3.8, 4) is 17.2 Å². The zero-order valence-electron chi connectivity index (χ0n) is 18.9. The van der Waals surface area contributed by atoms with Crippen molar-refractivity contribution in [3.63, 3.8) is 0 Å². The first kappa shape index (κ1) is 26.7. The monoisotopic (exact) mass is 535 g/mol. The lowest BCUT2D eigenvalue weighted by molar-refractivity contribution is 0.284. The van der Waals surface area contributed by atoms with Crippen LogP contribution in [0.15, 0.2) is 71.9 Å². The molecular weight excluding hydrogens is 512 g/mol. The average molecular weight is 536 g/mol. The van der Waals surface area contributed by atoms with E-state index in [0.717, 1.165) is 34.3 Å². The summed E-state index contributed by atoms with van der Waals surface area (Å²) in [5.41, 5.74) is 2.72. The molecule has 0 bridgehead atoms. The highest BCUT2D eigenvalue weighted by molar-refractivity contribution is 7.99. The molecule has 1 aromatic heterocycles. The molecule has 0 saturated heterocycles. The van der Waals surface area contributed by atoms with E-state index in [1.165, 1.54) is 12.1 Å². The van der Waals surface area contributed by atoms with Gasteiger partial charge in [0.15, 0.2) is 11.5 Å². The lowest BCUT2D eigenvalue weighted by atomic mass is 10.2. The Bertz CT molecular complexity index is 1210. The first-order chi connectivity index (χ1) is 16.6. The summed E-state index contributed by atoms with van der Waals surface area (Å²) in [6.07, 6.45) is 0. The number of methoxy groups -OCH3 is 1. The summed E-state index contributed by atoms with van der Waals surface area (Å²) in [6.45, 7) is 1.61. The molecule has 1 heterocycles. The van der Waals surface area contributed by atoms with Gasteiger partial charge in [0.25, 0.3) is 0 Å². The van der Waals surface area contributed by atoms with E-state index in [2.05, 4.69) is 20.8 Å². The third-order valence-corrected chi connectivity index (χ3v) is 6.07. The van der Waals surface area contributed by atoms with E-state index >= 15 is 0 Å². The molecule has 1 N–H and O–H groups in total. The summed E-state index contributed by atoms with van der Waals surface area (Å²) in [6, 6.07) is 19.6. The van der Waals surface area contributed by atoms with Crippen LogP contribution in [-0.2, 0) is 13.2 Å². The van der Waals surface area contributed by atoms with Crippen LogP contribution in [0, 0.1) is 5.82 Å². The van der Waals surface area contributed by atoms with Gasteiger partial charge in [-0.15, -0.1) is 17.5 Å². The minimum absolute atomic E-state index is 0. The van der Waals surface area contributed by atoms with Crippen LogP contribution >= 0.6 is 35.8 Å². The Morgan fingerprint density at radius 2 is 1.83 bits per heavy atom. The van der Waals surface area contributed by atoms with Gasteiger partial charge in [0.2, 0.25) is 5.16 Å². The highest BCUT2D eigenvalue weighted by Crippen LogP contribution is 2.37. The molecule has 184 valence electrons. The fourth-order valence-electron chi connectivity index (χ4n) is 3.20. The van der Waals surface area contributed by atoms with Crippen LogP contribution in [0.1, 0.15) is 11.1 Å². The Labute approximate surface area is 218 Å². The van der Waals surface area contributed by atoms with E-state index in [0.29, 0.717) is 23.1 Å². The first-order valence-corrected chi connectivity index (χ1v) is 11.9. The quantitative estimate of drug-likeness (QED) is 0.205. The van der Waals surface area contributed by atoms with Crippen molar-refractivity contribution >= 4 is 35.8 Å². The summed E-state index contributed by atoms with van der Waals surface area (Å²) in [5.74, 6) is 1.50.